The van der Waals surface area contributed by atoms with Crippen molar-refractivity contribution in [3.8, 4) is 6.01 Å². The summed E-state index contributed by atoms with van der Waals surface area (Å²) in [6.45, 7) is 7.03. The van der Waals surface area contributed by atoms with Crippen LogP contribution >= 0.6 is 11.6 Å². The lowest BCUT2D eigenvalue weighted by molar-refractivity contribution is 0.312. The highest BCUT2D eigenvalue weighted by molar-refractivity contribution is 6.33. The Morgan fingerprint density at radius 1 is 1.14 bits per heavy atom. The molecule has 0 unspecified atom stereocenters. The van der Waals surface area contributed by atoms with Crippen LogP contribution in [0.5, 0.6) is 6.01 Å². The van der Waals surface area contributed by atoms with Gasteiger partial charge < -0.3 is 15.4 Å². The highest BCUT2D eigenvalue weighted by atomic mass is 35.5. The van der Waals surface area contributed by atoms with Crippen LogP contribution in [0.25, 0.3) is 0 Å². The van der Waals surface area contributed by atoms with E-state index in [0.29, 0.717) is 30.1 Å². The zero-order valence-corrected chi connectivity index (χ0v) is 13.0. The van der Waals surface area contributed by atoms with E-state index >= 15 is 0 Å². The zero-order valence-electron chi connectivity index (χ0n) is 12.3. The Hall–Kier alpha value is -2.08. The Kier molecular flexibility index (Phi) is 5.16. The third kappa shape index (κ3) is 4.19. The van der Waals surface area contributed by atoms with Gasteiger partial charge in [-0.25, -0.2) is 0 Å². The van der Waals surface area contributed by atoms with Crippen molar-refractivity contribution < 1.29 is 4.74 Å². The lowest BCUT2D eigenvalue weighted by Crippen LogP contribution is -2.09. The predicted molar refractivity (Wildman–Crippen MR) is 84.6 cm³/mol. The molecule has 0 aliphatic carbocycles. The van der Waals surface area contributed by atoms with Gasteiger partial charge >= 0.3 is 6.01 Å². The summed E-state index contributed by atoms with van der Waals surface area (Å²) in [7, 11) is 0. The van der Waals surface area contributed by atoms with Crippen molar-refractivity contribution in [3.63, 3.8) is 0 Å². The van der Waals surface area contributed by atoms with E-state index in [9.17, 15) is 0 Å². The van der Waals surface area contributed by atoms with Crippen molar-refractivity contribution in [1.29, 1.82) is 0 Å². The van der Waals surface area contributed by atoms with E-state index in [1.807, 2.05) is 39.0 Å². The van der Waals surface area contributed by atoms with Crippen LogP contribution in [0.4, 0.5) is 17.6 Å². The lowest BCUT2D eigenvalue weighted by atomic mass is 10.2. The molecule has 1 heterocycles. The number of rotatable bonds is 6. The SMILES string of the molecule is CCNc1nc(Nc2cc(C)ccc2Cl)nc(OCC)n1. The number of ether oxygens (including phenoxy) is 1. The molecular formula is C14H18ClN5O. The second-order valence-corrected chi connectivity index (χ2v) is 4.74. The Balaban J connectivity index is 2.31. The number of aromatic nitrogens is 3. The standard InChI is InChI=1S/C14H18ClN5O/c1-4-16-12-18-13(20-14(19-12)21-5-2)17-11-8-9(3)6-7-10(11)15/h6-8H,4-5H2,1-3H3,(H2,16,17,18,19,20). The molecular weight excluding hydrogens is 290 g/mol. The van der Waals surface area contributed by atoms with Crippen molar-refractivity contribution >= 4 is 29.2 Å². The molecule has 0 atom stereocenters. The Bertz CT molecular complexity index is 596. The smallest absolute Gasteiger partial charge is 0.323 e. The number of hydrogen-bond donors (Lipinski definition) is 2. The van der Waals surface area contributed by atoms with Crippen LogP contribution in [0.1, 0.15) is 19.4 Å². The Morgan fingerprint density at radius 2 is 1.90 bits per heavy atom. The molecule has 7 heteroatoms. The predicted octanol–water partition coefficient (Wildman–Crippen LogP) is 3.41. The fourth-order valence-electron chi connectivity index (χ4n) is 1.70. The van der Waals surface area contributed by atoms with E-state index in [-0.39, 0.29) is 6.01 Å². The summed E-state index contributed by atoms with van der Waals surface area (Å²) in [6.07, 6.45) is 0. The largest absolute Gasteiger partial charge is 0.464 e. The minimum absolute atomic E-state index is 0.273. The van der Waals surface area contributed by atoms with Gasteiger partial charge in [-0.1, -0.05) is 17.7 Å². The summed E-state index contributed by atoms with van der Waals surface area (Å²) >= 11 is 6.17. The third-order valence-corrected chi connectivity index (χ3v) is 2.92. The summed E-state index contributed by atoms with van der Waals surface area (Å²) in [4.78, 5) is 12.7. The Labute approximate surface area is 128 Å². The molecule has 6 nitrogen and oxygen atoms in total. The molecule has 0 amide bonds. The fraction of sp³-hybridized carbons (Fsp3) is 0.357. The lowest BCUT2D eigenvalue weighted by Gasteiger charge is -2.10. The van der Waals surface area contributed by atoms with Gasteiger partial charge in [-0.2, -0.15) is 15.0 Å². The molecule has 0 saturated carbocycles. The molecule has 1 aromatic carbocycles. The van der Waals surface area contributed by atoms with E-state index < -0.39 is 0 Å². The number of aryl methyl sites for hydroxylation is 1. The molecule has 2 aromatic rings. The Morgan fingerprint density at radius 3 is 2.62 bits per heavy atom. The minimum atomic E-state index is 0.273. The normalized spacial score (nSPS) is 10.3. The molecule has 0 saturated heterocycles. The zero-order chi connectivity index (χ0) is 15.2. The van der Waals surface area contributed by atoms with Gasteiger partial charge in [0.1, 0.15) is 0 Å². The molecule has 0 bridgehead atoms. The van der Waals surface area contributed by atoms with Gasteiger partial charge in [0.15, 0.2) is 0 Å². The maximum absolute atomic E-state index is 6.17. The van der Waals surface area contributed by atoms with Crippen LogP contribution in [-0.4, -0.2) is 28.1 Å². The first-order valence-corrected chi connectivity index (χ1v) is 7.16. The molecule has 2 N–H and O–H groups in total. The van der Waals surface area contributed by atoms with Gasteiger partial charge in [0.2, 0.25) is 11.9 Å². The van der Waals surface area contributed by atoms with Gasteiger partial charge in [0.25, 0.3) is 0 Å². The molecule has 0 fully saturated rings. The first kappa shape index (κ1) is 15.3. The summed E-state index contributed by atoms with van der Waals surface area (Å²) in [5.74, 6) is 0.846. The van der Waals surface area contributed by atoms with Gasteiger partial charge in [0, 0.05) is 6.54 Å². The topological polar surface area (TPSA) is 72.0 Å². The van der Waals surface area contributed by atoms with Crippen LogP contribution in [0, 0.1) is 6.92 Å². The van der Waals surface area contributed by atoms with E-state index in [2.05, 4.69) is 25.6 Å². The molecule has 0 radical (unpaired) electrons. The number of halogens is 1. The van der Waals surface area contributed by atoms with E-state index in [4.69, 9.17) is 16.3 Å². The van der Waals surface area contributed by atoms with Crippen LogP contribution < -0.4 is 15.4 Å². The highest BCUT2D eigenvalue weighted by Gasteiger charge is 2.09. The monoisotopic (exact) mass is 307 g/mol. The summed E-state index contributed by atoms with van der Waals surface area (Å²) in [5.41, 5.74) is 1.83. The molecule has 112 valence electrons. The highest BCUT2D eigenvalue weighted by Crippen LogP contribution is 2.25. The van der Waals surface area contributed by atoms with Gasteiger partial charge in [-0.05, 0) is 38.5 Å². The maximum Gasteiger partial charge on any atom is 0.323 e. The van der Waals surface area contributed by atoms with Crippen molar-refractivity contribution in [2.45, 2.75) is 20.8 Å². The van der Waals surface area contributed by atoms with Gasteiger partial charge in [-0.3, -0.25) is 0 Å². The number of benzene rings is 1. The molecule has 0 aliphatic rings. The van der Waals surface area contributed by atoms with Gasteiger partial charge in [-0.15, -0.1) is 0 Å². The van der Waals surface area contributed by atoms with Crippen molar-refractivity contribution in [3.05, 3.63) is 28.8 Å². The minimum Gasteiger partial charge on any atom is -0.464 e. The summed E-state index contributed by atoms with van der Waals surface area (Å²) in [5, 5.41) is 6.74. The van der Waals surface area contributed by atoms with Crippen molar-refractivity contribution in [2.75, 3.05) is 23.8 Å². The third-order valence-electron chi connectivity index (χ3n) is 2.59. The molecule has 21 heavy (non-hydrogen) atoms. The first-order chi connectivity index (χ1) is 10.1. The van der Waals surface area contributed by atoms with E-state index in [0.717, 1.165) is 11.3 Å². The molecule has 1 aromatic heterocycles. The number of nitrogens with zero attached hydrogens (tertiary/aromatic N) is 3. The van der Waals surface area contributed by atoms with E-state index in [1.54, 1.807) is 0 Å². The second-order valence-electron chi connectivity index (χ2n) is 4.34. The van der Waals surface area contributed by atoms with E-state index in [1.165, 1.54) is 0 Å². The number of anilines is 3. The van der Waals surface area contributed by atoms with Crippen LogP contribution in [0.3, 0.4) is 0 Å². The summed E-state index contributed by atoms with van der Waals surface area (Å²) in [6, 6.07) is 5.97. The number of nitrogens with one attached hydrogen (secondary N) is 2. The fourth-order valence-corrected chi connectivity index (χ4v) is 1.86. The van der Waals surface area contributed by atoms with Crippen LogP contribution in [0.15, 0.2) is 18.2 Å². The second kappa shape index (κ2) is 7.08. The molecule has 0 spiro atoms. The number of hydrogen-bond acceptors (Lipinski definition) is 6. The van der Waals surface area contributed by atoms with Crippen molar-refractivity contribution in [1.82, 2.24) is 15.0 Å². The quantitative estimate of drug-likeness (QED) is 0.852. The maximum atomic E-state index is 6.17. The average molecular weight is 308 g/mol. The van der Waals surface area contributed by atoms with Gasteiger partial charge in [0.05, 0.1) is 17.3 Å². The van der Waals surface area contributed by atoms with Crippen LogP contribution in [-0.2, 0) is 0 Å². The van der Waals surface area contributed by atoms with Crippen molar-refractivity contribution in [2.24, 2.45) is 0 Å². The first-order valence-electron chi connectivity index (χ1n) is 6.78. The molecule has 2 rings (SSSR count). The average Bonchev–Trinajstić information content (AvgIpc) is 2.43. The summed E-state index contributed by atoms with van der Waals surface area (Å²) < 4.78 is 5.35. The van der Waals surface area contributed by atoms with Crippen LogP contribution in [0.2, 0.25) is 5.02 Å². The molecule has 0 aliphatic heterocycles.